The molecule has 0 aliphatic rings. The molecule has 2 aromatic rings. The Kier molecular flexibility index (Phi) is 6.74. The summed E-state index contributed by atoms with van der Waals surface area (Å²) in [5.74, 6) is -1.78. The predicted molar refractivity (Wildman–Crippen MR) is 106 cm³/mol. The Morgan fingerprint density at radius 3 is 2.33 bits per heavy atom. The average molecular weight is 388 g/mol. The van der Waals surface area contributed by atoms with Crippen LogP contribution in [0.3, 0.4) is 0 Å². The lowest BCUT2D eigenvalue weighted by molar-refractivity contribution is -0.113. The van der Waals surface area contributed by atoms with Gasteiger partial charge in [-0.1, -0.05) is 29.8 Å². The molecule has 2 amide bonds. The van der Waals surface area contributed by atoms with E-state index in [-0.39, 0.29) is 17.7 Å². The summed E-state index contributed by atoms with van der Waals surface area (Å²) in [5, 5.41) is 5.34. The van der Waals surface area contributed by atoms with Gasteiger partial charge in [0, 0.05) is 17.3 Å². The maximum atomic E-state index is 12.4. The third kappa shape index (κ3) is 6.86. The number of hydrogen-bond donors (Lipinski definition) is 2. The van der Waals surface area contributed by atoms with Gasteiger partial charge in [-0.15, -0.1) is 0 Å². The Labute approximate surface area is 159 Å². The van der Waals surface area contributed by atoms with E-state index in [1.54, 1.807) is 30.3 Å². The summed E-state index contributed by atoms with van der Waals surface area (Å²) < 4.78 is 24.7. The molecule has 27 heavy (non-hydrogen) atoms. The highest BCUT2D eigenvalue weighted by Crippen LogP contribution is 2.12. The van der Waals surface area contributed by atoms with Crippen LogP contribution in [0, 0.1) is 6.92 Å². The summed E-state index contributed by atoms with van der Waals surface area (Å²) in [4.78, 5) is 24.1. The van der Waals surface area contributed by atoms with E-state index in [0.717, 1.165) is 5.56 Å². The molecule has 0 spiro atoms. The van der Waals surface area contributed by atoms with Crippen molar-refractivity contribution in [2.75, 3.05) is 11.1 Å². The Morgan fingerprint density at radius 1 is 1.04 bits per heavy atom. The third-order valence-electron chi connectivity index (χ3n) is 3.68. The lowest BCUT2D eigenvalue weighted by Gasteiger charge is -2.10. The van der Waals surface area contributed by atoms with Crippen LogP contribution in [0.2, 0.25) is 0 Å². The Morgan fingerprint density at radius 2 is 1.70 bits per heavy atom. The second-order valence-corrected chi connectivity index (χ2v) is 8.84. The van der Waals surface area contributed by atoms with Crippen LogP contribution in [0.1, 0.15) is 35.3 Å². The predicted octanol–water partition coefficient (Wildman–Crippen LogP) is 2.69. The van der Waals surface area contributed by atoms with Gasteiger partial charge in [0.2, 0.25) is 5.91 Å². The van der Waals surface area contributed by atoms with Crippen LogP contribution in [-0.4, -0.2) is 32.0 Å². The zero-order valence-electron chi connectivity index (χ0n) is 15.7. The highest BCUT2D eigenvalue weighted by molar-refractivity contribution is 7.91. The highest BCUT2D eigenvalue weighted by atomic mass is 32.2. The van der Waals surface area contributed by atoms with Crippen LogP contribution < -0.4 is 10.6 Å². The van der Waals surface area contributed by atoms with Crippen molar-refractivity contribution in [2.45, 2.75) is 32.6 Å². The fraction of sp³-hybridized carbons (Fsp3) is 0.300. The first-order valence-electron chi connectivity index (χ1n) is 8.61. The molecule has 0 saturated heterocycles. The summed E-state index contributed by atoms with van der Waals surface area (Å²) in [5.41, 5.74) is 2.45. The number of anilines is 1. The first-order valence-corrected chi connectivity index (χ1v) is 10.4. The molecule has 7 heteroatoms. The fourth-order valence-electron chi connectivity index (χ4n) is 2.49. The van der Waals surface area contributed by atoms with Gasteiger partial charge in [0.15, 0.2) is 9.84 Å². The molecule has 144 valence electrons. The van der Waals surface area contributed by atoms with Gasteiger partial charge >= 0.3 is 0 Å². The Hall–Kier alpha value is -2.67. The van der Waals surface area contributed by atoms with Gasteiger partial charge in [-0.05, 0) is 50.6 Å². The van der Waals surface area contributed by atoms with Crippen LogP contribution >= 0.6 is 0 Å². The van der Waals surface area contributed by atoms with Gasteiger partial charge in [0.25, 0.3) is 5.91 Å². The van der Waals surface area contributed by atoms with Crippen LogP contribution in [0.4, 0.5) is 5.69 Å². The number of amides is 2. The normalized spacial score (nSPS) is 11.3. The topological polar surface area (TPSA) is 92.3 Å². The number of hydrogen-bond acceptors (Lipinski definition) is 4. The number of aryl methyl sites for hydroxylation is 1. The molecule has 2 N–H and O–H groups in total. The molecule has 0 aliphatic carbocycles. The van der Waals surface area contributed by atoms with Crippen molar-refractivity contribution in [1.82, 2.24) is 5.32 Å². The van der Waals surface area contributed by atoms with E-state index in [2.05, 4.69) is 10.6 Å². The van der Waals surface area contributed by atoms with E-state index in [1.807, 2.05) is 32.9 Å². The highest BCUT2D eigenvalue weighted by Gasteiger charge is 2.18. The lowest BCUT2D eigenvalue weighted by Crippen LogP contribution is -2.30. The molecule has 0 heterocycles. The first kappa shape index (κ1) is 20.6. The van der Waals surface area contributed by atoms with Crippen LogP contribution in [0.15, 0.2) is 48.5 Å². The van der Waals surface area contributed by atoms with E-state index < -0.39 is 21.5 Å². The number of sulfone groups is 1. The number of nitrogens with one attached hydrogen (secondary N) is 2. The number of rotatable bonds is 7. The summed E-state index contributed by atoms with van der Waals surface area (Å²) in [7, 11) is -3.67. The Balaban J connectivity index is 2.02. The largest absolute Gasteiger partial charge is 0.350 e. The second kappa shape index (κ2) is 8.81. The molecule has 0 bridgehead atoms. The quantitative estimate of drug-likeness (QED) is 0.763. The van der Waals surface area contributed by atoms with Gasteiger partial charge in [-0.2, -0.15) is 0 Å². The molecule has 0 aliphatic heterocycles. The number of carbonyl (C=O) groups is 2. The summed E-state index contributed by atoms with van der Waals surface area (Å²) in [6.07, 6.45) is 0. The molecule has 0 radical (unpaired) electrons. The van der Waals surface area contributed by atoms with Crippen molar-refractivity contribution in [1.29, 1.82) is 0 Å². The van der Waals surface area contributed by atoms with E-state index in [0.29, 0.717) is 16.8 Å². The molecule has 0 saturated carbocycles. The minimum Gasteiger partial charge on any atom is -0.350 e. The zero-order valence-corrected chi connectivity index (χ0v) is 16.5. The van der Waals surface area contributed by atoms with Crippen LogP contribution in [-0.2, 0) is 20.4 Å². The van der Waals surface area contributed by atoms with Gasteiger partial charge < -0.3 is 10.6 Å². The SMILES string of the molecule is Cc1ccc(NC(=O)CS(=O)(=O)Cc2cccc(C(=O)NC(C)C)c2)cc1. The maximum Gasteiger partial charge on any atom is 0.251 e. The van der Waals surface area contributed by atoms with Crippen molar-refractivity contribution in [2.24, 2.45) is 0 Å². The van der Waals surface area contributed by atoms with Crippen molar-refractivity contribution in [3.8, 4) is 0 Å². The van der Waals surface area contributed by atoms with Crippen molar-refractivity contribution in [3.63, 3.8) is 0 Å². The van der Waals surface area contributed by atoms with E-state index in [9.17, 15) is 18.0 Å². The first-order chi connectivity index (χ1) is 12.6. The van der Waals surface area contributed by atoms with E-state index in [1.165, 1.54) is 6.07 Å². The van der Waals surface area contributed by atoms with Crippen molar-refractivity contribution in [3.05, 3.63) is 65.2 Å². The molecule has 0 unspecified atom stereocenters. The summed E-state index contributed by atoms with van der Waals surface area (Å²) >= 11 is 0. The molecule has 6 nitrogen and oxygen atoms in total. The molecular formula is C20H24N2O4S. The van der Waals surface area contributed by atoms with Crippen molar-refractivity contribution < 1.29 is 18.0 Å². The smallest absolute Gasteiger partial charge is 0.251 e. The standard InChI is InChI=1S/C20H24N2O4S/c1-14(2)21-20(24)17-6-4-5-16(11-17)12-27(25,26)13-19(23)22-18-9-7-15(3)8-10-18/h4-11,14H,12-13H2,1-3H3,(H,21,24)(H,22,23). The van der Waals surface area contributed by atoms with E-state index >= 15 is 0 Å². The summed E-state index contributed by atoms with van der Waals surface area (Å²) in [6, 6.07) is 13.5. The van der Waals surface area contributed by atoms with E-state index in [4.69, 9.17) is 0 Å². The van der Waals surface area contributed by atoms with Crippen molar-refractivity contribution >= 4 is 27.3 Å². The molecular weight excluding hydrogens is 364 g/mol. The zero-order chi connectivity index (χ0) is 20.0. The lowest BCUT2D eigenvalue weighted by atomic mass is 10.1. The van der Waals surface area contributed by atoms with Gasteiger partial charge in [0.05, 0.1) is 5.75 Å². The fourth-order valence-corrected chi connectivity index (χ4v) is 3.75. The molecule has 0 atom stereocenters. The van der Waals surface area contributed by atoms with Gasteiger partial charge in [0.1, 0.15) is 5.75 Å². The molecule has 0 fully saturated rings. The minimum absolute atomic E-state index is 0.0182. The summed E-state index contributed by atoms with van der Waals surface area (Å²) in [6.45, 7) is 5.61. The molecule has 2 rings (SSSR count). The van der Waals surface area contributed by atoms with Gasteiger partial charge in [-0.3, -0.25) is 9.59 Å². The second-order valence-electron chi connectivity index (χ2n) is 6.77. The van der Waals surface area contributed by atoms with Gasteiger partial charge in [-0.25, -0.2) is 8.42 Å². The Bertz CT molecular complexity index is 919. The maximum absolute atomic E-state index is 12.4. The monoisotopic (exact) mass is 388 g/mol. The average Bonchev–Trinajstić information content (AvgIpc) is 2.55. The van der Waals surface area contributed by atoms with Crippen LogP contribution in [0.5, 0.6) is 0 Å². The van der Waals surface area contributed by atoms with Crippen LogP contribution in [0.25, 0.3) is 0 Å². The molecule has 0 aromatic heterocycles. The number of benzene rings is 2. The molecule has 2 aromatic carbocycles. The number of carbonyl (C=O) groups excluding carboxylic acids is 2. The third-order valence-corrected chi connectivity index (χ3v) is 5.16. The minimum atomic E-state index is -3.67.